The fraction of sp³-hybridized carbons (Fsp3) is 0.0476. The van der Waals surface area contributed by atoms with E-state index in [0.717, 1.165) is 11.3 Å². The third kappa shape index (κ3) is 4.23. The van der Waals surface area contributed by atoms with E-state index in [1.54, 1.807) is 47.5 Å². The predicted molar refractivity (Wildman–Crippen MR) is 113 cm³/mol. The number of anilines is 1. The minimum Gasteiger partial charge on any atom is -0.344 e. The summed E-state index contributed by atoms with van der Waals surface area (Å²) in [5, 5.41) is 13.9. The first-order chi connectivity index (χ1) is 14.6. The third-order valence-electron chi connectivity index (χ3n) is 4.31. The second-order valence-corrected chi connectivity index (χ2v) is 6.75. The summed E-state index contributed by atoms with van der Waals surface area (Å²) in [7, 11) is 0. The largest absolute Gasteiger partial charge is 0.344 e. The Morgan fingerprint density at radius 2 is 1.63 bits per heavy atom. The van der Waals surface area contributed by atoms with Gasteiger partial charge in [-0.2, -0.15) is 10.2 Å². The minimum absolute atomic E-state index is 0.197. The number of benzene rings is 2. The molecule has 4 aromatic rings. The summed E-state index contributed by atoms with van der Waals surface area (Å²) >= 11 is 6.26. The van der Waals surface area contributed by atoms with E-state index in [4.69, 9.17) is 11.6 Å². The highest BCUT2D eigenvalue weighted by Crippen LogP contribution is 2.27. The van der Waals surface area contributed by atoms with Crippen molar-refractivity contribution in [2.24, 2.45) is 0 Å². The van der Waals surface area contributed by atoms with E-state index in [0.29, 0.717) is 16.4 Å². The lowest BCUT2D eigenvalue weighted by atomic mass is 10.2. The van der Waals surface area contributed by atoms with Gasteiger partial charge in [-0.3, -0.25) is 9.59 Å². The van der Waals surface area contributed by atoms with Crippen LogP contribution in [0.15, 0.2) is 79.4 Å². The minimum atomic E-state index is -0.797. The van der Waals surface area contributed by atoms with Gasteiger partial charge in [-0.1, -0.05) is 29.8 Å². The van der Waals surface area contributed by atoms with Gasteiger partial charge < -0.3 is 10.6 Å². The zero-order chi connectivity index (χ0) is 20.9. The molecule has 2 amide bonds. The van der Waals surface area contributed by atoms with Crippen molar-refractivity contribution in [3.63, 3.8) is 0 Å². The van der Waals surface area contributed by atoms with Crippen LogP contribution < -0.4 is 10.6 Å². The smallest absolute Gasteiger partial charge is 0.313 e. The monoisotopic (exact) mass is 420 g/mol. The van der Waals surface area contributed by atoms with E-state index in [-0.39, 0.29) is 6.54 Å². The molecule has 2 aromatic heterocycles. The molecule has 0 saturated carbocycles. The molecule has 9 heteroatoms. The molecule has 30 heavy (non-hydrogen) atoms. The van der Waals surface area contributed by atoms with E-state index < -0.39 is 11.8 Å². The van der Waals surface area contributed by atoms with Gasteiger partial charge in [0.15, 0.2) is 0 Å². The van der Waals surface area contributed by atoms with Crippen LogP contribution in [0.5, 0.6) is 0 Å². The Kier molecular flexibility index (Phi) is 5.58. The second-order valence-electron chi connectivity index (χ2n) is 6.34. The second kappa shape index (κ2) is 8.62. The Morgan fingerprint density at radius 1 is 0.900 bits per heavy atom. The number of aromatic nitrogens is 4. The maximum Gasteiger partial charge on any atom is 0.313 e. The van der Waals surface area contributed by atoms with Crippen LogP contribution in [0.1, 0.15) is 5.56 Å². The van der Waals surface area contributed by atoms with Crippen molar-refractivity contribution in [1.29, 1.82) is 0 Å². The molecule has 2 N–H and O–H groups in total. The fourth-order valence-corrected chi connectivity index (χ4v) is 3.18. The Bertz CT molecular complexity index is 1170. The molecule has 2 heterocycles. The number of amides is 2. The zero-order valence-corrected chi connectivity index (χ0v) is 16.5. The van der Waals surface area contributed by atoms with E-state index in [1.807, 2.05) is 36.5 Å². The summed E-state index contributed by atoms with van der Waals surface area (Å²) < 4.78 is 3.24. The Morgan fingerprint density at radius 3 is 2.37 bits per heavy atom. The summed E-state index contributed by atoms with van der Waals surface area (Å²) in [6, 6.07) is 16.1. The number of rotatable bonds is 5. The highest BCUT2D eigenvalue weighted by atomic mass is 35.5. The van der Waals surface area contributed by atoms with Gasteiger partial charge in [0.05, 0.1) is 16.4 Å². The van der Waals surface area contributed by atoms with Crippen LogP contribution >= 0.6 is 11.6 Å². The molecule has 0 aliphatic rings. The summed E-state index contributed by atoms with van der Waals surface area (Å²) in [6.45, 7) is 0.197. The Balaban J connectivity index is 1.43. The van der Waals surface area contributed by atoms with Gasteiger partial charge in [0, 0.05) is 31.3 Å². The molecule has 0 unspecified atom stereocenters. The quantitative estimate of drug-likeness (QED) is 0.485. The maximum atomic E-state index is 12.4. The van der Waals surface area contributed by atoms with Gasteiger partial charge in [0.2, 0.25) is 0 Å². The fourth-order valence-electron chi connectivity index (χ4n) is 2.92. The van der Waals surface area contributed by atoms with Crippen molar-refractivity contribution in [1.82, 2.24) is 24.9 Å². The SMILES string of the molecule is O=C(NCc1cccc(-n2cccn2)c1)C(=O)Nc1cccc(Cl)c1-n1cccn1. The lowest BCUT2D eigenvalue weighted by Gasteiger charge is -2.13. The van der Waals surface area contributed by atoms with Crippen molar-refractivity contribution >= 4 is 29.1 Å². The molecule has 0 aliphatic carbocycles. The van der Waals surface area contributed by atoms with Gasteiger partial charge in [-0.15, -0.1) is 0 Å². The number of hydrogen-bond donors (Lipinski definition) is 2. The first-order valence-electron chi connectivity index (χ1n) is 9.08. The number of para-hydroxylation sites is 1. The summed E-state index contributed by atoms with van der Waals surface area (Å²) in [5.74, 6) is -1.56. The van der Waals surface area contributed by atoms with E-state index in [2.05, 4.69) is 20.8 Å². The first-order valence-corrected chi connectivity index (χ1v) is 9.46. The molecule has 0 saturated heterocycles. The van der Waals surface area contributed by atoms with E-state index in [9.17, 15) is 9.59 Å². The van der Waals surface area contributed by atoms with Crippen molar-refractivity contribution < 1.29 is 9.59 Å². The summed E-state index contributed by atoms with van der Waals surface area (Å²) in [4.78, 5) is 24.7. The molecule has 0 spiro atoms. The van der Waals surface area contributed by atoms with Crippen LogP contribution in [0.4, 0.5) is 5.69 Å². The van der Waals surface area contributed by atoms with Crippen LogP contribution in [-0.2, 0) is 16.1 Å². The van der Waals surface area contributed by atoms with Gasteiger partial charge in [0.1, 0.15) is 5.69 Å². The van der Waals surface area contributed by atoms with Gasteiger partial charge in [0.25, 0.3) is 0 Å². The molecule has 2 aromatic carbocycles. The van der Waals surface area contributed by atoms with Gasteiger partial charge in [-0.25, -0.2) is 9.36 Å². The molecule has 150 valence electrons. The molecular weight excluding hydrogens is 404 g/mol. The van der Waals surface area contributed by atoms with Crippen LogP contribution in [0.25, 0.3) is 11.4 Å². The van der Waals surface area contributed by atoms with Crippen molar-refractivity contribution in [2.45, 2.75) is 6.54 Å². The average molecular weight is 421 g/mol. The number of hydrogen-bond acceptors (Lipinski definition) is 4. The molecule has 0 aliphatic heterocycles. The molecule has 0 atom stereocenters. The molecule has 8 nitrogen and oxygen atoms in total. The number of carbonyl (C=O) groups excluding carboxylic acids is 2. The molecule has 4 rings (SSSR count). The number of halogens is 1. The maximum absolute atomic E-state index is 12.4. The van der Waals surface area contributed by atoms with Crippen molar-refractivity contribution in [3.05, 3.63) is 90.0 Å². The third-order valence-corrected chi connectivity index (χ3v) is 4.61. The lowest BCUT2D eigenvalue weighted by molar-refractivity contribution is -0.136. The van der Waals surface area contributed by atoms with Crippen LogP contribution in [0.3, 0.4) is 0 Å². The summed E-state index contributed by atoms with van der Waals surface area (Å²) in [6.07, 6.45) is 6.81. The highest BCUT2D eigenvalue weighted by molar-refractivity contribution is 6.40. The molecule has 0 fully saturated rings. The van der Waals surface area contributed by atoms with Crippen LogP contribution in [0.2, 0.25) is 5.02 Å². The van der Waals surface area contributed by atoms with Gasteiger partial charge >= 0.3 is 11.8 Å². The zero-order valence-electron chi connectivity index (χ0n) is 15.7. The number of carbonyl (C=O) groups is 2. The number of nitrogens with one attached hydrogen (secondary N) is 2. The first kappa shape index (κ1) is 19.4. The molecule has 0 bridgehead atoms. The Labute approximate surface area is 177 Å². The lowest BCUT2D eigenvalue weighted by Crippen LogP contribution is -2.35. The average Bonchev–Trinajstić information content (AvgIpc) is 3.46. The number of nitrogens with zero attached hydrogens (tertiary/aromatic N) is 4. The standard InChI is InChI=1S/C21H17ClN6O2/c22-17-7-2-8-18(19(17)28-12-4-10-25-28)26-21(30)20(29)23-14-15-5-1-6-16(13-15)27-11-3-9-24-27/h1-13H,14H2,(H,23,29)(H,26,30). The Hall–Kier alpha value is -3.91. The van der Waals surface area contributed by atoms with E-state index in [1.165, 1.54) is 4.68 Å². The topological polar surface area (TPSA) is 93.8 Å². The van der Waals surface area contributed by atoms with Crippen molar-refractivity contribution in [2.75, 3.05) is 5.32 Å². The molecule has 0 radical (unpaired) electrons. The highest BCUT2D eigenvalue weighted by Gasteiger charge is 2.17. The van der Waals surface area contributed by atoms with Crippen LogP contribution in [0, 0.1) is 0 Å². The van der Waals surface area contributed by atoms with Crippen LogP contribution in [-0.4, -0.2) is 31.4 Å². The predicted octanol–water partition coefficient (Wildman–Crippen LogP) is 2.97. The molecular formula is C21H17ClN6O2. The normalized spacial score (nSPS) is 10.6. The van der Waals surface area contributed by atoms with Crippen molar-refractivity contribution in [3.8, 4) is 11.4 Å². The summed E-state index contributed by atoms with van der Waals surface area (Å²) in [5.41, 5.74) is 2.56. The van der Waals surface area contributed by atoms with E-state index >= 15 is 0 Å². The van der Waals surface area contributed by atoms with Gasteiger partial charge in [-0.05, 0) is 42.0 Å².